The second-order valence-corrected chi connectivity index (χ2v) is 5.69. The zero-order valence-corrected chi connectivity index (χ0v) is 11.9. The standard InChI is InChI=1S/C13H25N.CH4S/c1-10-2-4-11(5-3-10)12-6-8-13(14)9-7-12;1-2/h10-13H,2-9,14H2,1H3;2H,1H3. The first-order chi connectivity index (χ1) is 7.75. The fourth-order valence-electron chi connectivity index (χ4n) is 3.37. The Bertz CT molecular complexity index is 148. The molecule has 2 heteroatoms. The van der Waals surface area contributed by atoms with Crippen LogP contribution in [0.3, 0.4) is 0 Å². The van der Waals surface area contributed by atoms with Gasteiger partial charge in [0.25, 0.3) is 0 Å². The van der Waals surface area contributed by atoms with Crippen LogP contribution in [0.2, 0.25) is 0 Å². The van der Waals surface area contributed by atoms with Gasteiger partial charge in [0, 0.05) is 6.04 Å². The molecule has 0 aromatic carbocycles. The summed E-state index contributed by atoms with van der Waals surface area (Å²) in [6.07, 6.45) is 13.1. The minimum absolute atomic E-state index is 0.522. The molecule has 0 amide bonds. The highest BCUT2D eigenvalue weighted by Crippen LogP contribution is 2.39. The Balaban J connectivity index is 0.000000606. The van der Waals surface area contributed by atoms with Gasteiger partial charge in [-0.1, -0.05) is 19.8 Å². The average molecular weight is 243 g/mol. The van der Waals surface area contributed by atoms with E-state index in [4.69, 9.17) is 5.73 Å². The summed E-state index contributed by atoms with van der Waals surface area (Å²) in [5.74, 6) is 3.08. The first-order valence-corrected chi connectivity index (χ1v) is 7.85. The maximum Gasteiger partial charge on any atom is 0.00390 e. The van der Waals surface area contributed by atoms with Crippen molar-refractivity contribution < 1.29 is 0 Å². The molecule has 0 aromatic heterocycles. The molecule has 2 fully saturated rings. The lowest BCUT2D eigenvalue weighted by atomic mass is 9.71. The van der Waals surface area contributed by atoms with Crippen LogP contribution in [-0.2, 0) is 0 Å². The molecule has 0 aliphatic heterocycles. The number of thiol groups is 1. The number of nitrogens with two attached hydrogens (primary N) is 1. The molecule has 2 aliphatic rings. The van der Waals surface area contributed by atoms with Gasteiger partial charge in [-0.05, 0) is 62.5 Å². The molecule has 0 atom stereocenters. The van der Waals surface area contributed by atoms with Gasteiger partial charge in [-0.2, -0.15) is 12.6 Å². The van der Waals surface area contributed by atoms with Crippen LogP contribution < -0.4 is 5.73 Å². The maximum absolute atomic E-state index is 5.95. The Morgan fingerprint density at radius 2 is 1.12 bits per heavy atom. The Hall–Kier alpha value is 0.310. The van der Waals surface area contributed by atoms with Crippen molar-refractivity contribution >= 4 is 12.6 Å². The van der Waals surface area contributed by atoms with E-state index < -0.39 is 0 Å². The smallest absolute Gasteiger partial charge is 0.00390 e. The summed E-state index contributed by atoms with van der Waals surface area (Å²) < 4.78 is 0. The largest absolute Gasteiger partial charge is 0.328 e. The second kappa shape index (κ2) is 7.60. The molecule has 0 heterocycles. The third-order valence-electron chi connectivity index (χ3n) is 4.54. The lowest BCUT2D eigenvalue weighted by molar-refractivity contribution is 0.166. The molecule has 2 aliphatic carbocycles. The van der Waals surface area contributed by atoms with Gasteiger partial charge in [-0.15, -0.1) is 0 Å². The van der Waals surface area contributed by atoms with E-state index in [9.17, 15) is 0 Å². The molecular formula is C14H29NS. The predicted molar refractivity (Wildman–Crippen MR) is 76.0 cm³/mol. The van der Waals surface area contributed by atoms with Crippen molar-refractivity contribution in [1.82, 2.24) is 0 Å². The molecule has 16 heavy (non-hydrogen) atoms. The van der Waals surface area contributed by atoms with Crippen LogP contribution >= 0.6 is 12.6 Å². The summed E-state index contributed by atoms with van der Waals surface area (Å²) >= 11 is 3.53. The lowest BCUT2D eigenvalue weighted by Crippen LogP contribution is -2.31. The number of hydrogen-bond acceptors (Lipinski definition) is 2. The topological polar surface area (TPSA) is 26.0 Å². The van der Waals surface area contributed by atoms with Crippen molar-refractivity contribution in [2.24, 2.45) is 23.5 Å². The van der Waals surface area contributed by atoms with Crippen molar-refractivity contribution in [1.29, 1.82) is 0 Å². The zero-order valence-electron chi connectivity index (χ0n) is 11.0. The van der Waals surface area contributed by atoms with Crippen LogP contribution in [0.4, 0.5) is 0 Å². The quantitative estimate of drug-likeness (QED) is 0.672. The van der Waals surface area contributed by atoms with Gasteiger partial charge in [-0.3, -0.25) is 0 Å². The summed E-state index contributed by atoms with van der Waals surface area (Å²) in [5.41, 5.74) is 5.95. The predicted octanol–water partition coefficient (Wildman–Crippen LogP) is 3.88. The third kappa shape index (κ3) is 4.29. The molecule has 0 radical (unpaired) electrons. The van der Waals surface area contributed by atoms with Gasteiger partial charge in [0.15, 0.2) is 0 Å². The van der Waals surface area contributed by atoms with Gasteiger partial charge in [0.05, 0.1) is 0 Å². The van der Waals surface area contributed by atoms with Gasteiger partial charge < -0.3 is 5.73 Å². The molecule has 2 rings (SSSR count). The van der Waals surface area contributed by atoms with Crippen LogP contribution in [0.1, 0.15) is 58.3 Å². The maximum atomic E-state index is 5.95. The van der Waals surface area contributed by atoms with Gasteiger partial charge in [0.1, 0.15) is 0 Å². The van der Waals surface area contributed by atoms with Crippen molar-refractivity contribution in [3.8, 4) is 0 Å². The highest BCUT2D eigenvalue weighted by Gasteiger charge is 2.28. The molecule has 2 N–H and O–H groups in total. The van der Waals surface area contributed by atoms with Crippen molar-refractivity contribution in [2.45, 2.75) is 64.3 Å². The van der Waals surface area contributed by atoms with Gasteiger partial charge >= 0.3 is 0 Å². The van der Waals surface area contributed by atoms with E-state index in [0.29, 0.717) is 6.04 Å². The summed E-state index contributed by atoms with van der Waals surface area (Å²) in [6.45, 7) is 2.41. The summed E-state index contributed by atoms with van der Waals surface area (Å²) in [5, 5.41) is 0. The van der Waals surface area contributed by atoms with Crippen molar-refractivity contribution in [3.05, 3.63) is 0 Å². The van der Waals surface area contributed by atoms with Crippen LogP contribution in [0.25, 0.3) is 0 Å². The molecular weight excluding hydrogens is 214 g/mol. The molecule has 0 aromatic rings. The van der Waals surface area contributed by atoms with E-state index in [0.717, 1.165) is 17.8 Å². The number of hydrogen-bond donors (Lipinski definition) is 2. The van der Waals surface area contributed by atoms with E-state index in [2.05, 4.69) is 19.6 Å². The molecule has 0 bridgehead atoms. The van der Waals surface area contributed by atoms with E-state index in [1.807, 2.05) is 0 Å². The van der Waals surface area contributed by atoms with E-state index in [-0.39, 0.29) is 0 Å². The summed E-state index contributed by atoms with van der Waals surface area (Å²) in [4.78, 5) is 0. The van der Waals surface area contributed by atoms with Crippen LogP contribution in [0.5, 0.6) is 0 Å². The van der Waals surface area contributed by atoms with Crippen LogP contribution in [0, 0.1) is 17.8 Å². The third-order valence-corrected chi connectivity index (χ3v) is 4.54. The molecule has 2 saturated carbocycles. The fourth-order valence-corrected chi connectivity index (χ4v) is 3.37. The fraction of sp³-hybridized carbons (Fsp3) is 1.00. The van der Waals surface area contributed by atoms with E-state index in [1.165, 1.54) is 51.4 Å². The Kier molecular flexibility index (Phi) is 6.83. The molecule has 0 unspecified atom stereocenters. The highest BCUT2D eigenvalue weighted by molar-refractivity contribution is 7.79. The minimum atomic E-state index is 0.522. The first-order valence-electron chi connectivity index (χ1n) is 6.96. The monoisotopic (exact) mass is 243 g/mol. The first kappa shape index (κ1) is 14.4. The number of rotatable bonds is 1. The molecule has 0 spiro atoms. The van der Waals surface area contributed by atoms with Crippen LogP contribution in [0.15, 0.2) is 0 Å². The molecule has 96 valence electrons. The van der Waals surface area contributed by atoms with Gasteiger partial charge in [-0.25, -0.2) is 0 Å². The average Bonchev–Trinajstić information content (AvgIpc) is 2.34. The van der Waals surface area contributed by atoms with Gasteiger partial charge in [0.2, 0.25) is 0 Å². The molecule has 0 saturated heterocycles. The SMILES string of the molecule is CC1CCC(C2CCC(N)CC2)CC1.CS. The summed E-state index contributed by atoms with van der Waals surface area (Å²) in [7, 11) is 0. The Labute approximate surface area is 107 Å². The van der Waals surface area contributed by atoms with E-state index in [1.54, 1.807) is 6.26 Å². The zero-order chi connectivity index (χ0) is 12.0. The minimum Gasteiger partial charge on any atom is -0.328 e. The molecule has 1 nitrogen and oxygen atoms in total. The second-order valence-electron chi connectivity index (χ2n) is 5.69. The van der Waals surface area contributed by atoms with E-state index >= 15 is 0 Å². The Morgan fingerprint density at radius 1 is 0.750 bits per heavy atom. The summed E-state index contributed by atoms with van der Waals surface area (Å²) in [6, 6.07) is 0.522. The lowest BCUT2D eigenvalue weighted by Gasteiger charge is -2.36. The highest BCUT2D eigenvalue weighted by atomic mass is 32.1. The normalized spacial score (nSPS) is 39.8. The van der Waals surface area contributed by atoms with Crippen molar-refractivity contribution in [3.63, 3.8) is 0 Å². The Morgan fingerprint density at radius 3 is 1.56 bits per heavy atom. The van der Waals surface area contributed by atoms with Crippen LogP contribution in [-0.4, -0.2) is 12.3 Å². The van der Waals surface area contributed by atoms with Crippen molar-refractivity contribution in [2.75, 3.05) is 6.26 Å².